The minimum absolute atomic E-state index is 0.176. The van der Waals surface area contributed by atoms with Gasteiger partial charge in [0, 0.05) is 17.8 Å². The third kappa shape index (κ3) is 4.29. The molecule has 1 aliphatic heterocycles. The lowest BCUT2D eigenvalue weighted by molar-refractivity contribution is 0.142. The van der Waals surface area contributed by atoms with Gasteiger partial charge in [0.15, 0.2) is 0 Å². The lowest BCUT2D eigenvalue weighted by Gasteiger charge is -2.33. The maximum absolute atomic E-state index is 13.1. The average molecular weight is 394 g/mol. The molecule has 2 heterocycles. The SMILES string of the molecule is CCc1cccc(NC(=O)N2CCCC[C@H]2c2nc(-c3ccc(F)cc3)no2)c1. The Balaban J connectivity index is 1.53. The summed E-state index contributed by atoms with van der Waals surface area (Å²) in [6, 6.07) is 13.3. The van der Waals surface area contributed by atoms with Crippen molar-refractivity contribution < 1.29 is 13.7 Å². The maximum Gasteiger partial charge on any atom is 0.322 e. The summed E-state index contributed by atoms with van der Waals surface area (Å²) in [5.74, 6) is 0.475. The van der Waals surface area contributed by atoms with Crippen LogP contribution in [0.2, 0.25) is 0 Å². The van der Waals surface area contributed by atoms with Gasteiger partial charge in [0.05, 0.1) is 0 Å². The van der Waals surface area contributed by atoms with E-state index < -0.39 is 0 Å². The first-order valence-corrected chi connectivity index (χ1v) is 9.90. The standard InChI is InChI=1S/C22H23FN4O2/c1-2-15-6-5-7-18(14-15)24-22(28)27-13-4-3-8-19(27)21-25-20(26-29-21)16-9-11-17(23)12-10-16/h5-7,9-12,14,19H,2-4,8,13H2,1H3,(H,24,28)/t19-/m0/s1. The summed E-state index contributed by atoms with van der Waals surface area (Å²) in [7, 11) is 0. The number of nitrogens with one attached hydrogen (secondary N) is 1. The number of aryl methyl sites for hydroxylation is 1. The minimum atomic E-state index is -0.320. The number of piperidine rings is 1. The smallest absolute Gasteiger partial charge is 0.322 e. The van der Waals surface area contributed by atoms with Crippen LogP contribution in [0.1, 0.15) is 43.7 Å². The number of carbonyl (C=O) groups is 1. The van der Waals surface area contributed by atoms with Gasteiger partial charge in [-0.05, 0) is 67.6 Å². The Hall–Kier alpha value is -3.22. The van der Waals surface area contributed by atoms with Gasteiger partial charge in [0.25, 0.3) is 0 Å². The molecule has 0 radical (unpaired) electrons. The highest BCUT2D eigenvalue weighted by Crippen LogP contribution is 2.31. The topological polar surface area (TPSA) is 71.3 Å². The van der Waals surface area contributed by atoms with E-state index in [1.54, 1.807) is 17.0 Å². The third-order valence-electron chi connectivity index (χ3n) is 5.18. The molecule has 0 saturated carbocycles. The first kappa shape index (κ1) is 19.1. The van der Waals surface area contributed by atoms with E-state index in [1.165, 1.54) is 17.7 Å². The van der Waals surface area contributed by atoms with E-state index in [9.17, 15) is 9.18 Å². The summed E-state index contributed by atoms with van der Waals surface area (Å²) in [6.07, 6.45) is 3.57. The highest BCUT2D eigenvalue weighted by molar-refractivity contribution is 5.89. The van der Waals surface area contributed by atoms with E-state index in [4.69, 9.17) is 4.52 Å². The summed E-state index contributed by atoms with van der Waals surface area (Å²) in [5, 5.41) is 7.01. The molecule has 1 saturated heterocycles. The van der Waals surface area contributed by atoms with Crippen LogP contribution < -0.4 is 5.32 Å². The highest BCUT2D eigenvalue weighted by atomic mass is 19.1. The van der Waals surface area contributed by atoms with Gasteiger partial charge in [-0.2, -0.15) is 4.98 Å². The first-order valence-electron chi connectivity index (χ1n) is 9.90. The van der Waals surface area contributed by atoms with Crippen LogP contribution >= 0.6 is 0 Å². The molecule has 6 nitrogen and oxygen atoms in total. The highest BCUT2D eigenvalue weighted by Gasteiger charge is 2.32. The van der Waals surface area contributed by atoms with Crippen molar-refractivity contribution in [3.8, 4) is 11.4 Å². The Labute approximate surface area is 168 Å². The molecule has 1 N–H and O–H groups in total. The molecular formula is C22H23FN4O2. The summed E-state index contributed by atoms with van der Waals surface area (Å²) in [5.41, 5.74) is 2.61. The molecule has 4 rings (SSSR count). The number of nitrogens with zero attached hydrogens (tertiary/aromatic N) is 3. The molecule has 7 heteroatoms. The van der Waals surface area contributed by atoms with Crippen LogP contribution in [-0.4, -0.2) is 27.6 Å². The maximum atomic E-state index is 13.1. The van der Waals surface area contributed by atoms with Crippen LogP contribution in [0, 0.1) is 5.82 Å². The minimum Gasteiger partial charge on any atom is -0.337 e. The zero-order valence-electron chi connectivity index (χ0n) is 16.3. The van der Waals surface area contributed by atoms with E-state index in [-0.39, 0.29) is 17.9 Å². The number of rotatable bonds is 4. The number of hydrogen-bond acceptors (Lipinski definition) is 4. The van der Waals surface area contributed by atoms with Gasteiger partial charge >= 0.3 is 6.03 Å². The van der Waals surface area contributed by atoms with Crippen molar-refractivity contribution in [2.24, 2.45) is 0 Å². The first-order chi connectivity index (χ1) is 14.1. The number of likely N-dealkylation sites (tertiary alicyclic amines) is 1. The molecule has 29 heavy (non-hydrogen) atoms. The summed E-state index contributed by atoms with van der Waals surface area (Å²) >= 11 is 0. The molecule has 0 unspecified atom stereocenters. The van der Waals surface area contributed by atoms with E-state index in [2.05, 4.69) is 22.4 Å². The fraction of sp³-hybridized carbons (Fsp3) is 0.318. The molecule has 2 amide bonds. The molecule has 0 bridgehead atoms. The second-order valence-electron chi connectivity index (χ2n) is 7.15. The second kappa shape index (κ2) is 8.43. The number of aromatic nitrogens is 2. The van der Waals surface area contributed by atoms with Gasteiger partial charge in [-0.15, -0.1) is 0 Å². The largest absolute Gasteiger partial charge is 0.337 e. The van der Waals surface area contributed by atoms with Gasteiger partial charge in [0.1, 0.15) is 11.9 Å². The lowest BCUT2D eigenvalue weighted by atomic mass is 10.0. The summed E-state index contributed by atoms with van der Waals surface area (Å²) < 4.78 is 18.6. The van der Waals surface area contributed by atoms with Gasteiger partial charge in [-0.1, -0.05) is 24.2 Å². The number of amides is 2. The predicted octanol–water partition coefficient (Wildman–Crippen LogP) is 5.20. The zero-order valence-corrected chi connectivity index (χ0v) is 16.3. The fourth-order valence-electron chi connectivity index (χ4n) is 3.58. The van der Waals surface area contributed by atoms with E-state index in [1.807, 2.05) is 24.3 Å². The second-order valence-corrected chi connectivity index (χ2v) is 7.15. The van der Waals surface area contributed by atoms with Crippen molar-refractivity contribution in [2.45, 2.75) is 38.6 Å². The summed E-state index contributed by atoms with van der Waals surface area (Å²) in [6.45, 7) is 2.70. The van der Waals surface area contributed by atoms with Crippen molar-refractivity contribution in [1.29, 1.82) is 0 Å². The van der Waals surface area contributed by atoms with E-state index in [0.717, 1.165) is 31.4 Å². The van der Waals surface area contributed by atoms with Crippen LogP contribution in [0.5, 0.6) is 0 Å². The van der Waals surface area contributed by atoms with Crippen LogP contribution in [0.3, 0.4) is 0 Å². The molecule has 2 aromatic carbocycles. The van der Waals surface area contributed by atoms with E-state index >= 15 is 0 Å². The Morgan fingerprint density at radius 1 is 1.24 bits per heavy atom. The number of hydrogen-bond donors (Lipinski definition) is 1. The van der Waals surface area contributed by atoms with Crippen molar-refractivity contribution in [2.75, 3.05) is 11.9 Å². The third-order valence-corrected chi connectivity index (χ3v) is 5.18. The summed E-state index contributed by atoms with van der Waals surface area (Å²) in [4.78, 5) is 19.2. The number of carbonyl (C=O) groups excluding carboxylic acids is 1. The molecule has 1 aliphatic rings. The monoisotopic (exact) mass is 394 g/mol. The van der Waals surface area contributed by atoms with E-state index in [0.29, 0.717) is 23.8 Å². The molecule has 1 atom stereocenters. The van der Waals surface area contributed by atoms with Gasteiger partial charge in [-0.25, -0.2) is 9.18 Å². The molecule has 1 fully saturated rings. The van der Waals surface area contributed by atoms with Gasteiger partial charge in [0.2, 0.25) is 11.7 Å². The molecule has 0 aliphatic carbocycles. The Bertz CT molecular complexity index is 986. The van der Waals surface area contributed by atoms with Crippen LogP contribution in [0.15, 0.2) is 53.1 Å². The van der Waals surface area contributed by atoms with Gasteiger partial charge < -0.3 is 14.7 Å². The normalized spacial score (nSPS) is 16.6. The van der Waals surface area contributed by atoms with Crippen molar-refractivity contribution in [3.05, 3.63) is 65.8 Å². The lowest BCUT2D eigenvalue weighted by Crippen LogP contribution is -2.41. The Morgan fingerprint density at radius 3 is 2.86 bits per heavy atom. The van der Waals surface area contributed by atoms with Gasteiger partial charge in [-0.3, -0.25) is 0 Å². The quantitative estimate of drug-likeness (QED) is 0.660. The molecule has 150 valence electrons. The van der Waals surface area contributed by atoms with Crippen molar-refractivity contribution >= 4 is 11.7 Å². The number of anilines is 1. The average Bonchev–Trinajstić information content (AvgIpc) is 3.24. The Kier molecular flexibility index (Phi) is 5.55. The van der Waals surface area contributed by atoms with Crippen LogP contribution in [0.4, 0.5) is 14.9 Å². The predicted molar refractivity (Wildman–Crippen MR) is 108 cm³/mol. The zero-order chi connectivity index (χ0) is 20.2. The number of benzene rings is 2. The molecular weight excluding hydrogens is 371 g/mol. The number of halogens is 1. The van der Waals surface area contributed by atoms with Crippen molar-refractivity contribution in [1.82, 2.24) is 15.0 Å². The molecule has 1 aromatic heterocycles. The van der Waals surface area contributed by atoms with Crippen molar-refractivity contribution in [3.63, 3.8) is 0 Å². The Morgan fingerprint density at radius 2 is 2.07 bits per heavy atom. The van der Waals surface area contributed by atoms with Crippen LogP contribution in [0.25, 0.3) is 11.4 Å². The van der Waals surface area contributed by atoms with Crippen LogP contribution in [-0.2, 0) is 6.42 Å². The number of urea groups is 1. The molecule has 0 spiro atoms. The molecule has 3 aromatic rings. The fourth-order valence-corrected chi connectivity index (χ4v) is 3.58.